The Balaban J connectivity index is 1.98. The van der Waals surface area contributed by atoms with Crippen LogP contribution in [0.15, 0.2) is 0 Å². The molecule has 0 unspecified atom stereocenters. The van der Waals surface area contributed by atoms with Crippen molar-refractivity contribution in [3.05, 3.63) is 6.29 Å². The van der Waals surface area contributed by atoms with Crippen LogP contribution in [0.5, 0.6) is 0 Å². The van der Waals surface area contributed by atoms with Crippen molar-refractivity contribution in [1.82, 2.24) is 16.0 Å². The van der Waals surface area contributed by atoms with Gasteiger partial charge in [-0.1, -0.05) is 6.92 Å². The van der Waals surface area contributed by atoms with Crippen molar-refractivity contribution in [2.45, 2.75) is 13.3 Å². The van der Waals surface area contributed by atoms with E-state index in [0.717, 1.165) is 25.9 Å². The second-order valence-electron chi connectivity index (χ2n) is 2.16. The minimum Gasteiger partial charge on any atom is -0.283 e. The van der Waals surface area contributed by atoms with E-state index in [1.807, 2.05) is 0 Å². The molecule has 0 bridgehead atoms. The van der Waals surface area contributed by atoms with Gasteiger partial charge in [0.1, 0.15) is 0 Å². The first kappa shape index (κ1) is 6.99. The molecule has 1 fully saturated rings. The maximum absolute atomic E-state index is 3.23. The third-order valence-corrected chi connectivity index (χ3v) is 1.28. The molecule has 0 amide bonds. The van der Waals surface area contributed by atoms with E-state index < -0.39 is 0 Å². The summed E-state index contributed by atoms with van der Waals surface area (Å²) in [5, 5.41) is 9.60. The van der Waals surface area contributed by atoms with Gasteiger partial charge in [0.2, 0.25) is 0 Å². The van der Waals surface area contributed by atoms with Crippen molar-refractivity contribution >= 4 is 0 Å². The molecule has 3 nitrogen and oxygen atoms in total. The third-order valence-electron chi connectivity index (χ3n) is 1.28. The maximum Gasteiger partial charge on any atom is 0.170 e. The van der Waals surface area contributed by atoms with E-state index in [2.05, 4.69) is 22.9 Å². The molecule has 1 heterocycles. The first-order valence-corrected chi connectivity index (χ1v) is 3.52. The van der Waals surface area contributed by atoms with Gasteiger partial charge in [-0.25, -0.2) is 0 Å². The Hall–Kier alpha value is -0.120. The van der Waals surface area contributed by atoms with Crippen molar-refractivity contribution in [2.24, 2.45) is 0 Å². The molecule has 0 spiro atoms. The van der Waals surface area contributed by atoms with E-state index >= 15 is 0 Å². The van der Waals surface area contributed by atoms with Gasteiger partial charge >= 0.3 is 0 Å². The van der Waals surface area contributed by atoms with E-state index in [1.165, 1.54) is 6.42 Å². The number of hydrogen-bond acceptors (Lipinski definition) is 3. The zero-order valence-electron chi connectivity index (χ0n) is 5.83. The Morgan fingerprint density at radius 1 is 1.44 bits per heavy atom. The summed E-state index contributed by atoms with van der Waals surface area (Å²) >= 11 is 0. The molecule has 1 rings (SSSR count). The molecule has 0 atom stereocenters. The fraction of sp³-hybridized carbons (Fsp3) is 0.833. The van der Waals surface area contributed by atoms with Crippen LogP contribution in [0.25, 0.3) is 0 Å². The van der Waals surface area contributed by atoms with Gasteiger partial charge in [0.25, 0.3) is 0 Å². The van der Waals surface area contributed by atoms with Crippen LogP contribution < -0.4 is 16.0 Å². The molecular weight excluding hydrogens is 114 g/mol. The highest BCUT2D eigenvalue weighted by Crippen LogP contribution is 1.87. The molecule has 1 aliphatic heterocycles. The Kier molecular flexibility index (Phi) is 2.97. The van der Waals surface area contributed by atoms with Crippen molar-refractivity contribution in [3.63, 3.8) is 0 Å². The highest BCUT2D eigenvalue weighted by Gasteiger charge is 2.11. The fourth-order valence-electron chi connectivity index (χ4n) is 0.812. The third kappa shape index (κ3) is 2.30. The van der Waals surface area contributed by atoms with Crippen molar-refractivity contribution in [2.75, 3.05) is 19.6 Å². The lowest BCUT2D eigenvalue weighted by Crippen LogP contribution is -2.36. The molecular formula is C6H14N3. The molecule has 0 aromatic rings. The van der Waals surface area contributed by atoms with Crippen LogP contribution in [0.4, 0.5) is 0 Å². The number of nitrogens with one attached hydrogen (secondary N) is 3. The summed E-state index contributed by atoms with van der Waals surface area (Å²) in [4.78, 5) is 0. The predicted molar refractivity (Wildman–Crippen MR) is 37.5 cm³/mol. The molecule has 3 heteroatoms. The molecule has 0 saturated carbocycles. The zero-order valence-corrected chi connectivity index (χ0v) is 5.83. The van der Waals surface area contributed by atoms with Gasteiger partial charge in [0.05, 0.1) is 0 Å². The van der Waals surface area contributed by atoms with Crippen LogP contribution in [0.2, 0.25) is 0 Å². The van der Waals surface area contributed by atoms with Crippen LogP contribution in [0.3, 0.4) is 0 Å². The topological polar surface area (TPSA) is 36.1 Å². The lowest BCUT2D eigenvalue weighted by Gasteiger charge is -2.08. The predicted octanol–water partition coefficient (Wildman–Crippen LogP) is -0.374. The molecule has 0 aromatic heterocycles. The SMILES string of the molecule is CCCN[C]1NCCN1. The quantitative estimate of drug-likeness (QED) is 0.485. The second-order valence-corrected chi connectivity index (χ2v) is 2.16. The summed E-state index contributed by atoms with van der Waals surface area (Å²) in [5.41, 5.74) is 0. The summed E-state index contributed by atoms with van der Waals surface area (Å²) in [6.45, 7) is 5.30. The van der Waals surface area contributed by atoms with Gasteiger partial charge in [0, 0.05) is 13.1 Å². The highest BCUT2D eigenvalue weighted by atomic mass is 15.3. The van der Waals surface area contributed by atoms with E-state index in [-0.39, 0.29) is 0 Å². The molecule has 3 N–H and O–H groups in total. The maximum atomic E-state index is 3.23. The lowest BCUT2D eigenvalue weighted by molar-refractivity contribution is 0.580. The van der Waals surface area contributed by atoms with Crippen LogP contribution in [0.1, 0.15) is 13.3 Å². The standard InChI is InChI=1S/C6H14N3/c1-2-3-7-6-8-4-5-9-6/h7-9H,2-5H2,1H3. The molecule has 0 aromatic carbocycles. The Morgan fingerprint density at radius 3 is 2.67 bits per heavy atom. The normalized spacial score (nSPS) is 21.0. The smallest absolute Gasteiger partial charge is 0.170 e. The molecule has 1 aliphatic rings. The summed E-state index contributed by atoms with van der Waals surface area (Å²) in [5.74, 6) is 0. The van der Waals surface area contributed by atoms with E-state index in [1.54, 1.807) is 0 Å². The van der Waals surface area contributed by atoms with Gasteiger partial charge < -0.3 is 0 Å². The van der Waals surface area contributed by atoms with E-state index in [9.17, 15) is 0 Å². The van der Waals surface area contributed by atoms with Gasteiger partial charge in [-0.2, -0.15) is 0 Å². The van der Waals surface area contributed by atoms with Crippen LogP contribution >= 0.6 is 0 Å². The molecule has 53 valence electrons. The van der Waals surface area contributed by atoms with Crippen LogP contribution in [-0.2, 0) is 0 Å². The monoisotopic (exact) mass is 128 g/mol. The minimum atomic E-state index is 1.05. The molecule has 0 aliphatic carbocycles. The zero-order chi connectivity index (χ0) is 6.53. The first-order valence-electron chi connectivity index (χ1n) is 3.52. The van der Waals surface area contributed by atoms with E-state index in [0.29, 0.717) is 0 Å². The van der Waals surface area contributed by atoms with Crippen LogP contribution in [-0.4, -0.2) is 19.6 Å². The number of hydrogen-bond donors (Lipinski definition) is 3. The average Bonchev–Trinajstić information content (AvgIpc) is 2.34. The number of rotatable bonds is 3. The van der Waals surface area contributed by atoms with Crippen molar-refractivity contribution < 1.29 is 0 Å². The largest absolute Gasteiger partial charge is 0.283 e. The lowest BCUT2D eigenvalue weighted by atomic mass is 10.5. The summed E-state index contributed by atoms with van der Waals surface area (Å²) in [6, 6.07) is 0. The van der Waals surface area contributed by atoms with Crippen LogP contribution in [0, 0.1) is 6.29 Å². The Bertz CT molecular complexity index is 68.7. The average molecular weight is 128 g/mol. The molecule has 1 saturated heterocycles. The van der Waals surface area contributed by atoms with Gasteiger partial charge in [-0.3, -0.25) is 16.0 Å². The fourth-order valence-corrected chi connectivity index (χ4v) is 0.812. The second kappa shape index (κ2) is 3.82. The summed E-state index contributed by atoms with van der Waals surface area (Å²) in [6.07, 6.45) is 2.27. The minimum absolute atomic E-state index is 1.05. The van der Waals surface area contributed by atoms with Gasteiger partial charge in [0.15, 0.2) is 6.29 Å². The summed E-state index contributed by atoms with van der Waals surface area (Å²) in [7, 11) is 0. The van der Waals surface area contributed by atoms with Gasteiger partial charge in [-0.05, 0) is 13.0 Å². The first-order chi connectivity index (χ1) is 4.43. The Morgan fingerprint density at radius 2 is 2.11 bits per heavy atom. The molecule has 1 radical (unpaired) electrons. The molecule has 9 heavy (non-hydrogen) atoms. The van der Waals surface area contributed by atoms with Crippen molar-refractivity contribution in [1.29, 1.82) is 0 Å². The van der Waals surface area contributed by atoms with Gasteiger partial charge in [-0.15, -0.1) is 0 Å². The Labute approximate surface area is 56.2 Å². The van der Waals surface area contributed by atoms with E-state index in [4.69, 9.17) is 0 Å². The summed E-state index contributed by atoms with van der Waals surface area (Å²) < 4.78 is 0. The van der Waals surface area contributed by atoms with Crippen molar-refractivity contribution in [3.8, 4) is 0 Å². The highest BCUT2D eigenvalue weighted by molar-refractivity contribution is 4.86.